The Hall–Kier alpha value is -3.19. The molecule has 37 heavy (non-hydrogen) atoms. The van der Waals surface area contributed by atoms with Crippen LogP contribution in [0.3, 0.4) is 0 Å². The Morgan fingerprint density at radius 1 is 1.03 bits per heavy atom. The molecule has 0 atom stereocenters. The van der Waals surface area contributed by atoms with Gasteiger partial charge in [-0.15, -0.1) is 13.2 Å². The van der Waals surface area contributed by atoms with Crippen LogP contribution in [0.25, 0.3) is 10.9 Å². The summed E-state index contributed by atoms with van der Waals surface area (Å²) in [6, 6.07) is 12.7. The van der Waals surface area contributed by atoms with Crippen molar-refractivity contribution in [2.45, 2.75) is 24.7 Å². The number of anilines is 1. The second-order valence-corrected chi connectivity index (χ2v) is 9.52. The van der Waals surface area contributed by atoms with Gasteiger partial charge in [-0.3, -0.25) is 4.98 Å². The van der Waals surface area contributed by atoms with Crippen molar-refractivity contribution in [3.05, 3.63) is 89.7 Å². The van der Waals surface area contributed by atoms with Gasteiger partial charge in [0.15, 0.2) is 0 Å². The monoisotopic (exact) mass is 539 g/mol. The van der Waals surface area contributed by atoms with Crippen LogP contribution < -0.4 is 43.7 Å². The number of aromatic carboxylic acids is 1. The molecule has 2 aromatic carbocycles. The fraction of sp³-hybridized carbons (Fsp3) is 0.125. The number of carbonyl (C=O) groups excluding carboxylic acids is 1. The van der Waals surface area contributed by atoms with E-state index < -0.39 is 28.1 Å². The summed E-state index contributed by atoms with van der Waals surface area (Å²) in [6.07, 6.45) is -1.88. The molecule has 2 aromatic heterocycles. The minimum atomic E-state index is -4.87. The van der Waals surface area contributed by atoms with Gasteiger partial charge in [-0.25, -0.2) is 17.7 Å². The molecule has 4 rings (SSSR count). The maximum atomic E-state index is 13.7. The molecule has 186 valence electrons. The van der Waals surface area contributed by atoms with Crippen molar-refractivity contribution in [2.75, 3.05) is 4.31 Å². The van der Waals surface area contributed by atoms with E-state index >= 15 is 0 Å². The molecule has 0 aliphatic carbocycles. The minimum Gasteiger partial charge on any atom is -0.545 e. The number of carbonyl (C=O) groups is 1. The molecule has 0 aliphatic rings. The summed E-state index contributed by atoms with van der Waals surface area (Å²) in [5.74, 6) is -1.84. The van der Waals surface area contributed by atoms with E-state index in [9.17, 15) is 31.5 Å². The van der Waals surface area contributed by atoms with Crippen LogP contribution in [0, 0.1) is 6.92 Å². The topological polar surface area (TPSA) is 113 Å². The molecule has 0 spiro atoms. The third-order valence-corrected chi connectivity index (χ3v) is 7.03. The van der Waals surface area contributed by atoms with Gasteiger partial charge in [-0.05, 0) is 48.4 Å². The number of sulfonamides is 1. The summed E-state index contributed by atoms with van der Waals surface area (Å²) in [6.45, 7) is 1.39. The van der Waals surface area contributed by atoms with Crippen LogP contribution in [0.15, 0.2) is 78.0 Å². The molecule has 0 radical (unpaired) electrons. The summed E-state index contributed by atoms with van der Waals surface area (Å²) in [4.78, 5) is 19.4. The molecule has 0 fully saturated rings. The number of carboxylic acids is 1. The number of hydrogen-bond donors (Lipinski definition) is 0. The second kappa shape index (κ2) is 11.1. The standard InChI is InChI=1S/C24H18F3N3O5S.Na/c1-15-20-3-2-12-28-21(20)13-29-22(15)30(14-16-4-8-18(9-5-16)35-24(25,26)27)36(33,34)19-10-6-17(7-11-19)23(31)32;/h2-13H,14H2,1H3,(H,31,32);/q;+1/p-1. The SMILES string of the molecule is Cc1c(N(Cc2ccc(OC(F)(F)F)cc2)S(=O)(=O)c2ccc(C(=O)[O-])cc2)ncc2ncccc12.[Na+]. The van der Waals surface area contributed by atoms with Gasteiger partial charge in [-0.1, -0.05) is 30.3 Å². The largest absolute Gasteiger partial charge is 1.00 e. The zero-order chi connectivity index (χ0) is 26.1. The number of fused-ring (bicyclic) bond motifs is 1. The van der Waals surface area contributed by atoms with Crippen LogP contribution in [-0.4, -0.2) is 30.7 Å². The van der Waals surface area contributed by atoms with E-state index in [4.69, 9.17) is 0 Å². The van der Waals surface area contributed by atoms with Gasteiger partial charge in [0.2, 0.25) is 0 Å². The van der Waals surface area contributed by atoms with Crippen molar-refractivity contribution >= 4 is 32.7 Å². The molecule has 2 heterocycles. The quantitative estimate of drug-likeness (QED) is 0.316. The Bertz CT molecular complexity index is 1530. The van der Waals surface area contributed by atoms with E-state index in [2.05, 4.69) is 14.7 Å². The summed E-state index contributed by atoms with van der Waals surface area (Å²) in [5, 5.41) is 11.7. The Kier molecular flexibility index (Phi) is 8.48. The third-order valence-electron chi connectivity index (χ3n) is 5.28. The summed E-state index contributed by atoms with van der Waals surface area (Å²) < 4.78 is 69.8. The summed E-state index contributed by atoms with van der Waals surface area (Å²) >= 11 is 0. The fourth-order valence-corrected chi connectivity index (χ4v) is 5.02. The molecule has 13 heteroatoms. The van der Waals surface area contributed by atoms with E-state index in [1.807, 2.05) is 0 Å². The van der Waals surface area contributed by atoms with Crippen LogP contribution in [0.4, 0.5) is 19.0 Å². The summed E-state index contributed by atoms with van der Waals surface area (Å²) in [7, 11) is -4.30. The molecule has 0 bridgehead atoms. The van der Waals surface area contributed by atoms with Crippen molar-refractivity contribution in [3.63, 3.8) is 0 Å². The average molecular weight is 539 g/mol. The number of rotatable bonds is 7. The molecule has 0 unspecified atom stereocenters. The first-order chi connectivity index (χ1) is 17.0. The zero-order valence-electron chi connectivity index (χ0n) is 19.6. The van der Waals surface area contributed by atoms with Crippen LogP contribution in [0.1, 0.15) is 21.5 Å². The number of nitrogens with zero attached hydrogens (tertiary/aromatic N) is 3. The van der Waals surface area contributed by atoms with Gasteiger partial charge in [0.25, 0.3) is 10.0 Å². The smallest absolute Gasteiger partial charge is 0.545 e. The first-order valence-electron chi connectivity index (χ1n) is 10.3. The Morgan fingerprint density at radius 2 is 1.68 bits per heavy atom. The molecule has 0 aliphatic heterocycles. The number of halogens is 3. The normalized spacial score (nSPS) is 11.6. The van der Waals surface area contributed by atoms with Crippen molar-refractivity contribution < 1.29 is 65.8 Å². The number of ether oxygens (including phenoxy) is 1. The number of carboxylic acid groups (broad SMARTS) is 1. The molecule has 4 aromatic rings. The molecular weight excluding hydrogens is 522 g/mol. The molecule has 0 saturated heterocycles. The molecule has 0 saturated carbocycles. The summed E-state index contributed by atoms with van der Waals surface area (Å²) in [5.41, 5.74) is 1.20. The number of alkyl halides is 3. The number of pyridine rings is 2. The van der Waals surface area contributed by atoms with E-state index in [1.54, 1.807) is 25.3 Å². The fourth-order valence-electron chi connectivity index (χ4n) is 3.55. The molecule has 8 nitrogen and oxygen atoms in total. The van der Waals surface area contributed by atoms with Gasteiger partial charge in [0.1, 0.15) is 11.6 Å². The van der Waals surface area contributed by atoms with Crippen molar-refractivity contribution in [3.8, 4) is 5.75 Å². The first-order valence-corrected chi connectivity index (χ1v) is 11.8. The van der Waals surface area contributed by atoms with Crippen LogP contribution >= 0.6 is 0 Å². The van der Waals surface area contributed by atoms with Gasteiger partial charge >= 0.3 is 35.9 Å². The van der Waals surface area contributed by atoms with Gasteiger partial charge < -0.3 is 14.6 Å². The van der Waals surface area contributed by atoms with Crippen LogP contribution in [0.2, 0.25) is 0 Å². The maximum Gasteiger partial charge on any atom is 1.00 e. The Morgan fingerprint density at radius 3 is 2.27 bits per heavy atom. The molecular formula is C24H17F3N3NaO5S. The van der Waals surface area contributed by atoms with Crippen molar-refractivity contribution in [1.29, 1.82) is 0 Å². The number of aryl methyl sites for hydroxylation is 1. The van der Waals surface area contributed by atoms with Gasteiger partial charge in [-0.2, -0.15) is 0 Å². The molecule has 0 N–H and O–H groups in total. The van der Waals surface area contributed by atoms with Gasteiger partial charge in [0, 0.05) is 17.1 Å². The van der Waals surface area contributed by atoms with E-state index in [0.717, 1.165) is 40.7 Å². The van der Waals surface area contributed by atoms with Crippen molar-refractivity contribution in [1.82, 2.24) is 9.97 Å². The first kappa shape index (κ1) is 28.4. The Labute approximate surface area is 232 Å². The average Bonchev–Trinajstić information content (AvgIpc) is 2.83. The van der Waals surface area contributed by atoms with E-state index in [0.29, 0.717) is 22.0 Å². The zero-order valence-corrected chi connectivity index (χ0v) is 22.4. The van der Waals surface area contributed by atoms with E-state index in [1.165, 1.54) is 18.3 Å². The van der Waals surface area contributed by atoms with Crippen LogP contribution in [-0.2, 0) is 16.6 Å². The predicted molar refractivity (Wildman–Crippen MR) is 122 cm³/mol. The van der Waals surface area contributed by atoms with Crippen LogP contribution in [0.5, 0.6) is 5.75 Å². The van der Waals surface area contributed by atoms with Gasteiger partial charge in [0.05, 0.1) is 29.1 Å². The second-order valence-electron chi connectivity index (χ2n) is 7.66. The molecule has 0 amide bonds. The predicted octanol–water partition coefficient (Wildman–Crippen LogP) is 0.600. The Balaban J connectivity index is 0.00000380. The minimum absolute atomic E-state index is 0. The number of aromatic nitrogens is 2. The van der Waals surface area contributed by atoms with Crippen molar-refractivity contribution in [2.24, 2.45) is 0 Å². The third kappa shape index (κ3) is 6.39. The number of hydrogen-bond acceptors (Lipinski definition) is 7. The maximum absolute atomic E-state index is 13.7. The van der Waals surface area contributed by atoms with E-state index in [-0.39, 0.29) is 52.4 Å². The number of benzene rings is 2.